The fourth-order valence-corrected chi connectivity index (χ4v) is 4.06. The standard InChI is InChI=1S/C19H17F3N2O4S/c20-15-11-17(22)18(12-16(15)21)23-19(25)6-3-13-1-4-14(5-2-13)29(26,27)24-7-9-28-10-8-24/h1-6,11-12H,7-10H2,(H,23,25)/b6-3+. The van der Waals surface area contributed by atoms with Crippen LogP contribution in [-0.4, -0.2) is 44.9 Å². The van der Waals surface area contributed by atoms with E-state index in [1.807, 2.05) is 0 Å². The van der Waals surface area contributed by atoms with E-state index >= 15 is 0 Å². The van der Waals surface area contributed by atoms with Gasteiger partial charge in [0, 0.05) is 31.3 Å². The molecule has 10 heteroatoms. The number of amides is 1. The molecule has 29 heavy (non-hydrogen) atoms. The van der Waals surface area contributed by atoms with Gasteiger partial charge in [0.25, 0.3) is 0 Å². The van der Waals surface area contributed by atoms with Gasteiger partial charge >= 0.3 is 0 Å². The molecule has 3 rings (SSSR count). The minimum Gasteiger partial charge on any atom is -0.379 e. The molecule has 0 spiro atoms. The second kappa shape index (κ2) is 8.76. The lowest BCUT2D eigenvalue weighted by molar-refractivity contribution is -0.111. The highest BCUT2D eigenvalue weighted by Gasteiger charge is 2.25. The summed E-state index contributed by atoms with van der Waals surface area (Å²) in [6.45, 7) is 1.25. The van der Waals surface area contributed by atoms with Crippen molar-refractivity contribution >= 4 is 27.7 Å². The van der Waals surface area contributed by atoms with E-state index in [2.05, 4.69) is 5.32 Å². The molecule has 1 saturated heterocycles. The first-order valence-electron chi connectivity index (χ1n) is 8.59. The van der Waals surface area contributed by atoms with Crippen molar-refractivity contribution < 1.29 is 31.1 Å². The molecule has 0 atom stereocenters. The minimum atomic E-state index is -3.62. The number of carbonyl (C=O) groups is 1. The van der Waals surface area contributed by atoms with Crippen LogP contribution in [0.5, 0.6) is 0 Å². The number of nitrogens with one attached hydrogen (secondary N) is 1. The van der Waals surface area contributed by atoms with Gasteiger partial charge in [-0.2, -0.15) is 4.31 Å². The Morgan fingerprint density at radius 1 is 1.00 bits per heavy atom. The number of rotatable bonds is 5. The number of ether oxygens (including phenoxy) is 1. The number of anilines is 1. The Morgan fingerprint density at radius 2 is 1.62 bits per heavy atom. The largest absolute Gasteiger partial charge is 0.379 e. The van der Waals surface area contributed by atoms with E-state index in [4.69, 9.17) is 4.74 Å². The summed E-state index contributed by atoms with van der Waals surface area (Å²) in [6.07, 6.45) is 2.43. The van der Waals surface area contributed by atoms with Gasteiger partial charge in [-0.1, -0.05) is 12.1 Å². The van der Waals surface area contributed by atoms with Crippen molar-refractivity contribution in [3.05, 3.63) is 65.5 Å². The fourth-order valence-electron chi connectivity index (χ4n) is 2.65. The molecule has 0 saturated carbocycles. The summed E-state index contributed by atoms with van der Waals surface area (Å²) in [5.74, 6) is -4.52. The van der Waals surface area contributed by atoms with Gasteiger partial charge in [-0.05, 0) is 23.8 Å². The molecule has 1 heterocycles. The number of morpholine rings is 1. The Hall–Kier alpha value is -2.69. The first-order chi connectivity index (χ1) is 13.8. The van der Waals surface area contributed by atoms with Crippen LogP contribution in [0.25, 0.3) is 6.08 Å². The van der Waals surface area contributed by atoms with Crippen molar-refractivity contribution in [2.24, 2.45) is 0 Å². The van der Waals surface area contributed by atoms with Crippen LogP contribution in [0.15, 0.2) is 47.4 Å². The van der Waals surface area contributed by atoms with Gasteiger partial charge in [-0.15, -0.1) is 0 Å². The molecule has 2 aromatic carbocycles. The lowest BCUT2D eigenvalue weighted by atomic mass is 10.2. The van der Waals surface area contributed by atoms with Gasteiger partial charge in [0.2, 0.25) is 15.9 Å². The Morgan fingerprint density at radius 3 is 2.28 bits per heavy atom. The van der Waals surface area contributed by atoms with E-state index in [1.54, 1.807) is 0 Å². The van der Waals surface area contributed by atoms with E-state index < -0.39 is 39.1 Å². The zero-order valence-electron chi connectivity index (χ0n) is 15.1. The third-order valence-corrected chi connectivity index (χ3v) is 6.10. The summed E-state index contributed by atoms with van der Waals surface area (Å²) in [7, 11) is -3.62. The normalized spacial score (nSPS) is 15.6. The van der Waals surface area contributed by atoms with Crippen molar-refractivity contribution in [1.82, 2.24) is 4.31 Å². The maximum absolute atomic E-state index is 13.5. The van der Waals surface area contributed by atoms with E-state index in [-0.39, 0.29) is 18.0 Å². The second-order valence-corrected chi connectivity index (χ2v) is 8.09. The number of halogens is 3. The average Bonchev–Trinajstić information content (AvgIpc) is 2.71. The minimum absolute atomic E-state index is 0.116. The third kappa shape index (κ3) is 5.03. The van der Waals surface area contributed by atoms with Crippen LogP contribution in [0.3, 0.4) is 0 Å². The molecular formula is C19H17F3N2O4S. The van der Waals surface area contributed by atoms with E-state index in [9.17, 15) is 26.4 Å². The molecule has 1 aliphatic rings. The van der Waals surface area contributed by atoms with Crippen LogP contribution in [0.1, 0.15) is 5.56 Å². The Balaban J connectivity index is 1.67. The predicted octanol–water partition coefficient (Wildman–Crippen LogP) is 2.78. The molecule has 0 radical (unpaired) electrons. The number of sulfonamides is 1. The highest BCUT2D eigenvalue weighted by molar-refractivity contribution is 7.89. The quantitative estimate of drug-likeness (QED) is 0.589. The molecule has 1 N–H and O–H groups in total. The molecule has 0 aromatic heterocycles. The number of nitrogens with zero attached hydrogens (tertiary/aromatic N) is 1. The topological polar surface area (TPSA) is 75.7 Å². The zero-order chi connectivity index (χ0) is 21.0. The van der Waals surface area contributed by atoms with Crippen molar-refractivity contribution in [3.63, 3.8) is 0 Å². The van der Waals surface area contributed by atoms with Crippen LogP contribution in [0.2, 0.25) is 0 Å². The summed E-state index contributed by atoms with van der Waals surface area (Å²) < 4.78 is 71.2. The van der Waals surface area contributed by atoms with Crippen LogP contribution in [-0.2, 0) is 19.6 Å². The van der Waals surface area contributed by atoms with Gasteiger partial charge < -0.3 is 10.1 Å². The number of hydrogen-bond donors (Lipinski definition) is 1. The summed E-state index contributed by atoms with van der Waals surface area (Å²) in [5.41, 5.74) is 0.0253. The third-order valence-electron chi connectivity index (χ3n) is 4.18. The summed E-state index contributed by atoms with van der Waals surface area (Å²) >= 11 is 0. The van der Waals surface area contributed by atoms with Gasteiger partial charge in [-0.3, -0.25) is 4.79 Å². The first-order valence-corrected chi connectivity index (χ1v) is 10.0. The molecule has 1 aliphatic heterocycles. The molecule has 154 valence electrons. The van der Waals surface area contributed by atoms with Gasteiger partial charge in [0.15, 0.2) is 11.6 Å². The molecule has 1 amide bonds. The van der Waals surface area contributed by atoms with Crippen LogP contribution < -0.4 is 5.32 Å². The molecule has 0 aliphatic carbocycles. The van der Waals surface area contributed by atoms with E-state index in [0.29, 0.717) is 30.9 Å². The second-order valence-electron chi connectivity index (χ2n) is 6.15. The van der Waals surface area contributed by atoms with Gasteiger partial charge in [0.1, 0.15) is 5.82 Å². The van der Waals surface area contributed by atoms with Crippen molar-refractivity contribution in [2.75, 3.05) is 31.6 Å². The summed E-state index contributed by atoms with van der Waals surface area (Å²) in [5, 5.41) is 2.11. The molecule has 1 fully saturated rings. The lowest BCUT2D eigenvalue weighted by Gasteiger charge is -2.26. The van der Waals surface area contributed by atoms with E-state index in [0.717, 1.165) is 6.08 Å². The van der Waals surface area contributed by atoms with Crippen LogP contribution in [0.4, 0.5) is 18.9 Å². The van der Waals surface area contributed by atoms with Gasteiger partial charge in [-0.25, -0.2) is 21.6 Å². The highest BCUT2D eigenvalue weighted by Crippen LogP contribution is 2.20. The summed E-state index contributed by atoms with van der Waals surface area (Å²) in [6, 6.07) is 6.73. The Kier molecular flexibility index (Phi) is 6.36. The number of hydrogen-bond acceptors (Lipinski definition) is 4. The smallest absolute Gasteiger partial charge is 0.248 e. The maximum Gasteiger partial charge on any atom is 0.248 e. The molecule has 0 bridgehead atoms. The predicted molar refractivity (Wildman–Crippen MR) is 100.0 cm³/mol. The Bertz CT molecular complexity index is 1030. The maximum atomic E-state index is 13.5. The Labute approximate surface area is 165 Å². The van der Waals surface area contributed by atoms with Crippen molar-refractivity contribution in [1.29, 1.82) is 0 Å². The monoisotopic (exact) mass is 426 g/mol. The summed E-state index contributed by atoms with van der Waals surface area (Å²) in [4.78, 5) is 12.0. The molecule has 2 aromatic rings. The number of carbonyl (C=O) groups excluding carboxylic acids is 1. The first kappa shape index (κ1) is 21.0. The molecule has 0 unspecified atom stereocenters. The molecule has 6 nitrogen and oxygen atoms in total. The van der Waals surface area contributed by atoms with Crippen LogP contribution in [0, 0.1) is 17.5 Å². The van der Waals surface area contributed by atoms with Crippen molar-refractivity contribution in [2.45, 2.75) is 4.90 Å². The zero-order valence-corrected chi connectivity index (χ0v) is 15.9. The van der Waals surface area contributed by atoms with E-state index in [1.165, 1.54) is 34.6 Å². The molecular weight excluding hydrogens is 409 g/mol. The van der Waals surface area contributed by atoms with Crippen LogP contribution >= 0.6 is 0 Å². The number of benzene rings is 2. The highest BCUT2D eigenvalue weighted by atomic mass is 32.2. The van der Waals surface area contributed by atoms with Crippen molar-refractivity contribution in [3.8, 4) is 0 Å². The average molecular weight is 426 g/mol. The van der Waals surface area contributed by atoms with Gasteiger partial charge in [0.05, 0.1) is 23.8 Å². The lowest BCUT2D eigenvalue weighted by Crippen LogP contribution is -2.40. The fraction of sp³-hybridized carbons (Fsp3) is 0.211. The SMILES string of the molecule is O=C(/C=C/c1ccc(S(=O)(=O)N2CCOCC2)cc1)Nc1cc(F)c(F)cc1F.